The largest absolute Gasteiger partial charge is 0.466 e. The number of hydrogen-bond donors (Lipinski definition) is 0. The summed E-state index contributed by atoms with van der Waals surface area (Å²) in [6, 6.07) is 31.0. The molecule has 0 aliphatic carbocycles. The van der Waals surface area contributed by atoms with Crippen molar-refractivity contribution in [1.82, 2.24) is 0 Å². The second kappa shape index (κ2) is 16.7. The van der Waals surface area contributed by atoms with E-state index in [-0.39, 0.29) is 17.9 Å². The molecule has 48 heavy (non-hydrogen) atoms. The Labute approximate surface area is 282 Å². The van der Waals surface area contributed by atoms with Gasteiger partial charge in [-0.1, -0.05) is 98.0 Å². The van der Waals surface area contributed by atoms with Crippen LogP contribution in [0.1, 0.15) is 44.1 Å². The molecule has 0 heterocycles. The van der Waals surface area contributed by atoms with Gasteiger partial charge < -0.3 is 4.74 Å². The van der Waals surface area contributed by atoms with Crippen molar-refractivity contribution >= 4 is 36.5 Å². The lowest BCUT2D eigenvalue weighted by Gasteiger charge is -2.39. The molecule has 0 atom stereocenters. The number of alkyl halides is 2. The first-order valence-corrected chi connectivity index (χ1v) is 19.7. The highest BCUT2D eigenvalue weighted by molar-refractivity contribution is 8.33. The van der Waals surface area contributed by atoms with Gasteiger partial charge >= 0.3 is 21.3 Å². The molecule has 0 aliphatic heterocycles. The van der Waals surface area contributed by atoms with Crippen molar-refractivity contribution in [2.75, 3.05) is 13.2 Å². The first-order valence-electron chi connectivity index (χ1n) is 15.4. The fraction of sp³-hybridized carbons (Fsp3) is 0.286. The number of esters is 1. The van der Waals surface area contributed by atoms with Crippen LogP contribution in [-0.2, 0) is 37.6 Å². The van der Waals surface area contributed by atoms with Crippen molar-refractivity contribution in [2.24, 2.45) is 0 Å². The monoisotopic (exact) mass is 720 g/mol. The van der Waals surface area contributed by atoms with Gasteiger partial charge in [-0.25, -0.2) is 8.42 Å². The van der Waals surface area contributed by atoms with E-state index in [9.17, 15) is 21.6 Å². The minimum absolute atomic E-state index is 0.0290. The predicted molar refractivity (Wildman–Crippen MR) is 180 cm³/mol. The first-order chi connectivity index (χ1) is 22.9. The van der Waals surface area contributed by atoms with Crippen molar-refractivity contribution in [3.8, 4) is 0 Å². The van der Waals surface area contributed by atoms with E-state index in [1.165, 1.54) is 12.1 Å². The Kier molecular flexibility index (Phi) is 12.9. The molecule has 0 saturated carbocycles. The Bertz CT molecular complexity index is 1720. The van der Waals surface area contributed by atoms with Gasteiger partial charge in [-0.3, -0.25) is 4.18 Å². The third-order valence-corrected chi connectivity index (χ3v) is 13.8. The van der Waals surface area contributed by atoms with Crippen LogP contribution < -0.4 is 0 Å². The minimum Gasteiger partial charge on any atom is -0.460 e. The van der Waals surface area contributed by atoms with E-state index in [0.29, 0.717) is 46.8 Å². The molecule has 0 bridgehead atoms. The molecular weight excluding hydrogens is 683 g/mol. The summed E-state index contributed by atoms with van der Waals surface area (Å²) in [5.74, 6) is -2.21. The van der Waals surface area contributed by atoms with Gasteiger partial charge in [-0.15, -0.1) is 0 Å². The second-order valence-corrected chi connectivity index (χ2v) is 17.0. The van der Waals surface area contributed by atoms with E-state index in [0.717, 1.165) is 5.56 Å². The topological polar surface area (TPSA) is 113 Å². The van der Waals surface area contributed by atoms with Crippen LogP contribution in [-0.4, -0.2) is 41.3 Å². The highest BCUT2D eigenvalue weighted by Gasteiger charge is 2.58. The molecule has 8 nitrogen and oxygen atoms in total. The molecule has 0 N–H and O–H groups in total. The van der Waals surface area contributed by atoms with Crippen LogP contribution in [0.5, 0.6) is 0 Å². The van der Waals surface area contributed by atoms with E-state index in [2.05, 4.69) is 0 Å². The molecule has 0 aromatic heterocycles. The van der Waals surface area contributed by atoms with E-state index in [1.807, 2.05) is 6.92 Å². The van der Waals surface area contributed by atoms with Crippen LogP contribution in [0.3, 0.4) is 0 Å². The zero-order valence-electron chi connectivity index (χ0n) is 26.4. The normalized spacial score (nSPS) is 12.8. The highest BCUT2D eigenvalue weighted by Crippen LogP contribution is 2.70. The summed E-state index contributed by atoms with van der Waals surface area (Å²) < 4.78 is 97.4. The molecule has 0 amide bonds. The van der Waals surface area contributed by atoms with Crippen LogP contribution in [0.15, 0.2) is 135 Å². The Morgan fingerprint density at radius 3 is 1.46 bits per heavy atom. The minimum atomic E-state index is -5.88. The zero-order valence-corrected chi connectivity index (χ0v) is 28.8. The Hall–Kier alpha value is -3.62. The molecular formula is C35H38F2O8S3. The Balaban J connectivity index is 1.31. The smallest absolute Gasteiger partial charge is 0.460 e. The van der Waals surface area contributed by atoms with Gasteiger partial charge in [0.2, 0.25) is 0 Å². The number of halogens is 2. The third kappa shape index (κ3) is 9.08. The average Bonchev–Trinajstić information content (AvgIpc) is 3.09. The van der Waals surface area contributed by atoms with Gasteiger partial charge in [0.1, 0.15) is 0 Å². The van der Waals surface area contributed by atoms with Crippen molar-refractivity contribution < 1.29 is 43.0 Å². The maximum Gasteiger partial charge on any atom is 0.466 e. The van der Waals surface area contributed by atoms with Crippen LogP contribution >= 0.6 is 10.3 Å². The molecule has 0 fully saturated rings. The predicted octanol–water partition coefficient (Wildman–Crippen LogP) is 8.42. The molecule has 0 aliphatic rings. The molecule has 0 saturated heterocycles. The van der Waals surface area contributed by atoms with E-state index in [1.54, 1.807) is 103 Å². The van der Waals surface area contributed by atoms with Gasteiger partial charge in [-0.05, 0) is 78.6 Å². The van der Waals surface area contributed by atoms with Gasteiger partial charge in [0.25, 0.3) is 10.1 Å². The first kappa shape index (κ1) is 37.2. The third-order valence-electron chi connectivity index (χ3n) is 7.29. The molecule has 4 aromatic carbocycles. The molecule has 258 valence electrons. The van der Waals surface area contributed by atoms with Crippen molar-refractivity contribution in [3.05, 3.63) is 121 Å². The number of carbonyl (C=O) groups excluding carboxylic acids is 1. The van der Waals surface area contributed by atoms with Crippen molar-refractivity contribution in [1.29, 1.82) is 0 Å². The maximum absolute atomic E-state index is 15.4. The zero-order chi connectivity index (χ0) is 34.7. The molecule has 13 heteroatoms. The second-order valence-electron chi connectivity index (χ2n) is 10.9. The SMILES string of the molecule is Cc1ccc(S(=O)(=O)OCCCCCCCCOC(=O)C(F)(F)S(=O)(=O)OS(c2ccccc2)(c2ccccc2)c2ccccc2)cc1. The summed E-state index contributed by atoms with van der Waals surface area (Å²) in [6.45, 7) is 1.48. The van der Waals surface area contributed by atoms with Crippen LogP contribution in [0.4, 0.5) is 8.78 Å². The number of unbranched alkanes of at least 4 members (excludes halogenated alkanes) is 5. The van der Waals surface area contributed by atoms with Gasteiger partial charge in [0.15, 0.2) is 0 Å². The van der Waals surface area contributed by atoms with E-state index < -0.39 is 48.4 Å². The van der Waals surface area contributed by atoms with Gasteiger partial charge in [-0.2, -0.15) is 25.6 Å². The summed E-state index contributed by atoms with van der Waals surface area (Å²) in [6.07, 6.45) is 3.30. The number of ether oxygens (including phenoxy) is 1. The number of benzene rings is 4. The summed E-state index contributed by atoms with van der Waals surface area (Å²) >= 11 is 0. The van der Waals surface area contributed by atoms with Crippen LogP contribution in [0.2, 0.25) is 0 Å². The highest BCUT2D eigenvalue weighted by atomic mass is 32.3. The Morgan fingerprint density at radius 2 is 1.00 bits per heavy atom. The van der Waals surface area contributed by atoms with E-state index in [4.69, 9.17) is 12.5 Å². The van der Waals surface area contributed by atoms with Crippen LogP contribution in [0.25, 0.3) is 0 Å². The maximum atomic E-state index is 15.4. The van der Waals surface area contributed by atoms with Gasteiger partial charge in [0.05, 0.1) is 18.1 Å². The lowest BCUT2D eigenvalue weighted by molar-refractivity contribution is -0.161. The van der Waals surface area contributed by atoms with E-state index >= 15 is 8.78 Å². The average molecular weight is 721 g/mol. The van der Waals surface area contributed by atoms with Crippen LogP contribution in [0, 0.1) is 6.92 Å². The molecule has 4 rings (SSSR count). The van der Waals surface area contributed by atoms with Crippen molar-refractivity contribution in [2.45, 2.75) is 70.3 Å². The lowest BCUT2D eigenvalue weighted by atomic mass is 10.1. The summed E-state index contributed by atoms with van der Waals surface area (Å²) in [7, 11) is -13.0. The fourth-order valence-corrected chi connectivity index (χ4v) is 10.7. The lowest BCUT2D eigenvalue weighted by Crippen LogP contribution is -2.41. The Morgan fingerprint density at radius 1 is 0.583 bits per heavy atom. The molecule has 0 radical (unpaired) electrons. The summed E-state index contributed by atoms with van der Waals surface area (Å²) in [4.78, 5) is 13.6. The molecule has 0 unspecified atom stereocenters. The number of hydrogen-bond acceptors (Lipinski definition) is 8. The number of rotatable bonds is 18. The molecule has 4 aromatic rings. The number of carbonyl (C=O) groups is 1. The summed E-state index contributed by atoms with van der Waals surface area (Å²) in [5, 5.41) is -4.98. The van der Waals surface area contributed by atoms with Gasteiger partial charge in [0, 0.05) is 14.7 Å². The van der Waals surface area contributed by atoms with Crippen molar-refractivity contribution in [3.63, 3.8) is 0 Å². The fourth-order valence-electron chi connectivity index (χ4n) is 4.74. The number of aryl methyl sites for hydroxylation is 1. The standard InChI is InChI=1S/C35H38F2O8S3/c1-29-23-25-33(26-24-29)47(39,40)44-28-16-5-3-2-4-15-27-43-34(38)35(36,37)48(41,42)45-46(30-17-9-6-10-18-30,31-19-11-7-12-20-31)32-21-13-8-14-22-32/h6-14,17-26H,2-5,15-16,27-28H2,1H3. The summed E-state index contributed by atoms with van der Waals surface area (Å²) in [5.41, 5.74) is 0.935. The quantitative estimate of drug-likeness (QED) is 0.0572. The molecule has 0 spiro atoms.